The van der Waals surface area contributed by atoms with Gasteiger partial charge in [-0.1, -0.05) is 50.1 Å². The third kappa shape index (κ3) is 3.73. The second-order valence-corrected chi connectivity index (χ2v) is 6.88. The molecule has 2 heterocycles. The second-order valence-electron chi connectivity index (χ2n) is 6.88. The maximum absolute atomic E-state index is 11.5. The van der Waals surface area contributed by atoms with Gasteiger partial charge in [0, 0.05) is 17.5 Å². The van der Waals surface area contributed by atoms with E-state index in [9.17, 15) is 9.90 Å². The summed E-state index contributed by atoms with van der Waals surface area (Å²) in [6.07, 6.45) is 5.31. The number of para-hydroxylation sites is 2. The highest BCUT2D eigenvalue weighted by molar-refractivity contribution is 5.95. The average Bonchev–Trinajstić information content (AvgIpc) is 3.37. The van der Waals surface area contributed by atoms with E-state index in [4.69, 9.17) is 4.98 Å². The van der Waals surface area contributed by atoms with Crippen molar-refractivity contribution < 1.29 is 9.90 Å². The van der Waals surface area contributed by atoms with Gasteiger partial charge in [-0.3, -0.25) is 4.79 Å². The first-order chi connectivity index (χ1) is 14.2. The number of aromatic nitrogens is 6. The van der Waals surface area contributed by atoms with Crippen LogP contribution in [-0.2, 0) is 17.8 Å². The maximum atomic E-state index is 11.5. The lowest BCUT2D eigenvalue weighted by Gasteiger charge is -2.09. The largest absolute Gasteiger partial charge is 0.480 e. The van der Waals surface area contributed by atoms with Gasteiger partial charge in [0.1, 0.15) is 12.4 Å². The van der Waals surface area contributed by atoms with E-state index < -0.39 is 5.97 Å². The standard InChI is InChI=1S/C21H22N6O2/c1-2-3-4-12-19-24-21-16(9-7-11-18(21)26(19)13-20(28)29)15-8-5-6-10-17(15)27-23-14-22-25-27/h5-11,14H,2-4,12-13H2,1H3,(H,28,29). The average molecular weight is 390 g/mol. The number of fused-ring (bicyclic) bond motifs is 1. The SMILES string of the molecule is CCCCCc1nc2c(-c3ccccc3-n3ncnn3)cccc2n1CC(=O)O. The fraction of sp³-hybridized carbons (Fsp3) is 0.286. The van der Waals surface area contributed by atoms with Gasteiger partial charge in [0.25, 0.3) is 0 Å². The van der Waals surface area contributed by atoms with Crippen molar-refractivity contribution in [2.75, 3.05) is 0 Å². The van der Waals surface area contributed by atoms with Crippen molar-refractivity contribution >= 4 is 17.0 Å². The van der Waals surface area contributed by atoms with Gasteiger partial charge < -0.3 is 9.67 Å². The first-order valence-corrected chi connectivity index (χ1v) is 9.71. The van der Waals surface area contributed by atoms with E-state index in [1.54, 1.807) is 0 Å². The first-order valence-electron chi connectivity index (χ1n) is 9.71. The molecule has 2 aromatic carbocycles. The smallest absolute Gasteiger partial charge is 0.323 e. The zero-order valence-corrected chi connectivity index (χ0v) is 16.2. The number of carboxylic acids is 1. The van der Waals surface area contributed by atoms with Gasteiger partial charge in [-0.15, -0.1) is 15.0 Å². The summed E-state index contributed by atoms with van der Waals surface area (Å²) in [6, 6.07) is 13.6. The molecule has 2 aromatic heterocycles. The predicted octanol–water partition coefficient (Wildman–Crippen LogP) is 3.50. The Kier molecular flexibility index (Phi) is 5.33. The van der Waals surface area contributed by atoms with Crippen molar-refractivity contribution in [2.24, 2.45) is 0 Å². The lowest BCUT2D eigenvalue weighted by atomic mass is 10.0. The van der Waals surface area contributed by atoms with Crippen LogP contribution in [0.15, 0.2) is 48.8 Å². The molecule has 0 saturated carbocycles. The van der Waals surface area contributed by atoms with Crippen LogP contribution in [0.1, 0.15) is 32.0 Å². The Labute approximate surface area is 167 Å². The Hall–Kier alpha value is -3.55. The number of hydrogen-bond donors (Lipinski definition) is 1. The van der Waals surface area contributed by atoms with Crippen LogP contribution in [0, 0.1) is 0 Å². The molecular formula is C21H22N6O2. The molecule has 0 atom stereocenters. The van der Waals surface area contributed by atoms with Gasteiger partial charge in [0.15, 0.2) is 6.33 Å². The molecule has 0 aliphatic heterocycles. The number of nitrogens with zero attached hydrogens (tertiary/aromatic N) is 6. The van der Waals surface area contributed by atoms with Crippen molar-refractivity contribution in [3.05, 3.63) is 54.6 Å². The molecule has 0 spiro atoms. The third-order valence-electron chi connectivity index (χ3n) is 4.91. The Bertz CT molecular complexity index is 1130. The zero-order valence-electron chi connectivity index (χ0n) is 16.2. The minimum absolute atomic E-state index is 0.103. The fourth-order valence-electron chi connectivity index (χ4n) is 3.60. The summed E-state index contributed by atoms with van der Waals surface area (Å²) >= 11 is 0. The van der Waals surface area contributed by atoms with Crippen molar-refractivity contribution in [1.82, 2.24) is 29.8 Å². The molecule has 0 radical (unpaired) electrons. The van der Waals surface area contributed by atoms with Crippen molar-refractivity contribution in [3.8, 4) is 16.8 Å². The van der Waals surface area contributed by atoms with Crippen LogP contribution in [0.3, 0.4) is 0 Å². The quantitative estimate of drug-likeness (QED) is 0.462. The third-order valence-corrected chi connectivity index (χ3v) is 4.91. The number of hydrogen-bond acceptors (Lipinski definition) is 5. The molecule has 29 heavy (non-hydrogen) atoms. The molecule has 8 heteroatoms. The summed E-state index contributed by atoms with van der Waals surface area (Å²) in [4.78, 5) is 17.8. The molecule has 8 nitrogen and oxygen atoms in total. The van der Waals surface area contributed by atoms with Crippen LogP contribution >= 0.6 is 0 Å². The summed E-state index contributed by atoms with van der Waals surface area (Å²) in [5, 5.41) is 21.4. The van der Waals surface area contributed by atoms with Crippen LogP contribution < -0.4 is 0 Å². The van der Waals surface area contributed by atoms with E-state index in [-0.39, 0.29) is 6.54 Å². The van der Waals surface area contributed by atoms with Gasteiger partial charge in [-0.2, -0.15) is 0 Å². The van der Waals surface area contributed by atoms with Crippen LogP contribution in [0.2, 0.25) is 0 Å². The Balaban J connectivity index is 1.88. The van der Waals surface area contributed by atoms with E-state index >= 15 is 0 Å². The highest BCUT2D eigenvalue weighted by Crippen LogP contribution is 2.32. The first kappa shape index (κ1) is 18.8. The number of benzene rings is 2. The van der Waals surface area contributed by atoms with Crippen LogP contribution in [0.4, 0.5) is 0 Å². The highest BCUT2D eigenvalue weighted by Gasteiger charge is 2.18. The molecule has 0 unspecified atom stereocenters. The van der Waals surface area contributed by atoms with Crippen molar-refractivity contribution in [3.63, 3.8) is 0 Å². The van der Waals surface area contributed by atoms with Crippen LogP contribution in [0.25, 0.3) is 27.8 Å². The molecule has 0 amide bonds. The number of imidazole rings is 1. The Morgan fingerprint density at radius 2 is 1.90 bits per heavy atom. The summed E-state index contributed by atoms with van der Waals surface area (Å²) in [7, 11) is 0. The molecule has 0 aliphatic rings. The molecule has 0 saturated heterocycles. The number of rotatable bonds is 8. The number of carbonyl (C=O) groups is 1. The Morgan fingerprint density at radius 3 is 2.66 bits per heavy atom. The summed E-state index contributed by atoms with van der Waals surface area (Å²) in [5.41, 5.74) is 4.22. The lowest BCUT2D eigenvalue weighted by Crippen LogP contribution is -2.12. The summed E-state index contributed by atoms with van der Waals surface area (Å²) < 4.78 is 1.81. The predicted molar refractivity (Wildman–Crippen MR) is 109 cm³/mol. The maximum Gasteiger partial charge on any atom is 0.323 e. The molecule has 0 fully saturated rings. The number of aryl methyl sites for hydroxylation is 1. The zero-order chi connectivity index (χ0) is 20.2. The second kappa shape index (κ2) is 8.22. The van der Waals surface area contributed by atoms with E-state index in [1.165, 1.54) is 11.1 Å². The van der Waals surface area contributed by atoms with Gasteiger partial charge >= 0.3 is 5.97 Å². The van der Waals surface area contributed by atoms with Gasteiger partial charge in [0.05, 0.1) is 16.7 Å². The number of aliphatic carboxylic acids is 1. The lowest BCUT2D eigenvalue weighted by molar-refractivity contribution is -0.137. The normalized spacial score (nSPS) is 11.2. The number of carboxylic acid groups (broad SMARTS) is 1. The molecule has 0 aliphatic carbocycles. The molecule has 1 N–H and O–H groups in total. The van der Waals surface area contributed by atoms with E-state index in [2.05, 4.69) is 22.3 Å². The highest BCUT2D eigenvalue weighted by atomic mass is 16.4. The molecular weight excluding hydrogens is 368 g/mol. The minimum Gasteiger partial charge on any atom is -0.480 e. The number of tetrazole rings is 1. The number of unbranched alkanes of at least 4 members (excludes halogenated alkanes) is 2. The molecule has 4 rings (SSSR count). The van der Waals surface area contributed by atoms with E-state index in [0.717, 1.165) is 59.4 Å². The molecule has 148 valence electrons. The summed E-state index contributed by atoms with van der Waals surface area (Å²) in [5.74, 6) is -0.0710. The van der Waals surface area contributed by atoms with E-state index in [0.29, 0.717) is 0 Å². The monoisotopic (exact) mass is 390 g/mol. The van der Waals surface area contributed by atoms with Crippen LogP contribution in [0.5, 0.6) is 0 Å². The van der Waals surface area contributed by atoms with Crippen molar-refractivity contribution in [2.45, 2.75) is 39.2 Å². The minimum atomic E-state index is -0.876. The van der Waals surface area contributed by atoms with Crippen LogP contribution in [-0.4, -0.2) is 40.8 Å². The molecule has 0 bridgehead atoms. The topological polar surface area (TPSA) is 98.7 Å². The summed E-state index contributed by atoms with van der Waals surface area (Å²) in [6.45, 7) is 2.04. The van der Waals surface area contributed by atoms with E-state index in [1.807, 2.05) is 47.0 Å². The fourth-order valence-corrected chi connectivity index (χ4v) is 3.60. The van der Waals surface area contributed by atoms with Gasteiger partial charge in [-0.25, -0.2) is 4.98 Å². The molecule has 4 aromatic rings. The van der Waals surface area contributed by atoms with Gasteiger partial charge in [0.2, 0.25) is 0 Å². The van der Waals surface area contributed by atoms with Crippen molar-refractivity contribution in [1.29, 1.82) is 0 Å². The van der Waals surface area contributed by atoms with Gasteiger partial charge in [-0.05, 0) is 23.8 Å². The Morgan fingerprint density at radius 1 is 1.07 bits per heavy atom.